The molecule has 3 amide bonds. The number of carbonyl (C=O) groups excluding carboxylic acids is 2. The van der Waals surface area contributed by atoms with Gasteiger partial charge < -0.3 is 21.3 Å². The van der Waals surface area contributed by atoms with Crippen LogP contribution in [0.25, 0.3) is 0 Å². The smallest absolute Gasteiger partial charge is 0.316 e. The van der Waals surface area contributed by atoms with Crippen LogP contribution < -0.4 is 16.4 Å². The molecule has 0 aliphatic heterocycles. The fourth-order valence-electron chi connectivity index (χ4n) is 0.894. The van der Waals surface area contributed by atoms with Gasteiger partial charge in [0, 0.05) is 39.6 Å². The second-order valence-electron chi connectivity index (χ2n) is 3.66. The molecule has 6 nitrogen and oxygen atoms in total. The highest BCUT2D eigenvalue weighted by Gasteiger charge is 2.04. The molecule has 1 atom stereocenters. The van der Waals surface area contributed by atoms with Crippen molar-refractivity contribution < 1.29 is 9.59 Å². The van der Waals surface area contributed by atoms with Crippen LogP contribution in [0.2, 0.25) is 0 Å². The Morgan fingerprint density at radius 3 is 2.27 bits per heavy atom. The van der Waals surface area contributed by atoms with Crippen LogP contribution in [0.3, 0.4) is 0 Å². The van der Waals surface area contributed by atoms with Crippen molar-refractivity contribution in [2.45, 2.75) is 19.4 Å². The van der Waals surface area contributed by atoms with Crippen molar-refractivity contribution in [2.75, 3.05) is 27.2 Å². The van der Waals surface area contributed by atoms with E-state index in [1.165, 1.54) is 4.90 Å². The zero-order chi connectivity index (χ0) is 11.8. The summed E-state index contributed by atoms with van der Waals surface area (Å²) in [6.07, 6.45) is 0.307. The van der Waals surface area contributed by atoms with Gasteiger partial charge in [0.05, 0.1) is 0 Å². The summed E-state index contributed by atoms with van der Waals surface area (Å²) in [7, 11) is 3.31. The van der Waals surface area contributed by atoms with Gasteiger partial charge in [0.25, 0.3) is 0 Å². The highest BCUT2D eigenvalue weighted by Crippen LogP contribution is 1.84. The molecule has 1 unspecified atom stereocenters. The molecule has 0 aliphatic carbocycles. The average Bonchev–Trinajstić information content (AvgIpc) is 2.10. The van der Waals surface area contributed by atoms with Crippen LogP contribution in [0.15, 0.2) is 0 Å². The fraction of sp³-hybridized carbons (Fsp3) is 0.778. The van der Waals surface area contributed by atoms with Gasteiger partial charge in [-0.25, -0.2) is 4.79 Å². The highest BCUT2D eigenvalue weighted by atomic mass is 16.2. The van der Waals surface area contributed by atoms with E-state index in [1.54, 1.807) is 21.0 Å². The Morgan fingerprint density at radius 1 is 1.27 bits per heavy atom. The minimum absolute atomic E-state index is 0.0934. The maximum atomic E-state index is 11.1. The summed E-state index contributed by atoms with van der Waals surface area (Å²) in [4.78, 5) is 23.6. The molecule has 15 heavy (non-hydrogen) atoms. The first-order valence-corrected chi connectivity index (χ1v) is 4.91. The van der Waals surface area contributed by atoms with E-state index in [-0.39, 0.29) is 18.0 Å². The molecule has 0 bridgehead atoms. The lowest BCUT2D eigenvalue weighted by atomic mass is 10.2. The first-order valence-electron chi connectivity index (χ1n) is 4.91. The van der Waals surface area contributed by atoms with Crippen molar-refractivity contribution in [1.82, 2.24) is 15.5 Å². The number of rotatable bonds is 5. The quantitative estimate of drug-likeness (QED) is 0.521. The molecule has 0 aliphatic rings. The molecular weight excluding hydrogens is 196 g/mol. The van der Waals surface area contributed by atoms with Crippen molar-refractivity contribution in [3.63, 3.8) is 0 Å². The van der Waals surface area contributed by atoms with Gasteiger partial charge in [-0.3, -0.25) is 4.79 Å². The van der Waals surface area contributed by atoms with Crippen molar-refractivity contribution in [2.24, 2.45) is 5.73 Å². The Balaban J connectivity index is 3.46. The number of nitrogens with two attached hydrogens (primary N) is 1. The standard InChI is InChI=1S/C9H20N4O2/c1-7(10)6-8(14)11-4-5-12-9(15)13(2)3/h7H,4-6,10H2,1-3H3,(H,11,14)(H,12,15). The second-order valence-corrected chi connectivity index (χ2v) is 3.66. The molecule has 0 spiro atoms. The molecule has 0 radical (unpaired) electrons. The monoisotopic (exact) mass is 216 g/mol. The molecule has 0 fully saturated rings. The summed E-state index contributed by atoms with van der Waals surface area (Å²) in [6, 6.07) is -0.308. The van der Waals surface area contributed by atoms with Gasteiger partial charge in [0.1, 0.15) is 0 Å². The van der Waals surface area contributed by atoms with Crippen molar-refractivity contribution in [3.05, 3.63) is 0 Å². The van der Waals surface area contributed by atoms with Crippen LogP contribution in [0, 0.1) is 0 Å². The van der Waals surface area contributed by atoms with E-state index in [4.69, 9.17) is 5.73 Å². The Kier molecular flexibility index (Phi) is 6.44. The third kappa shape index (κ3) is 7.75. The Labute approximate surface area is 90.2 Å². The van der Waals surface area contributed by atoms with Crippen LogP contribution in [-0.4, -0.2) is 50.1 Å². The molecule has 0 heterocycles. The largest absolute Gasteiger partial charge is 0.354 e. The lowest BCUT2D eigenvalue weighted by molar-refractivity contribution is -0.121. The van der Waals surface area contributed by atoms with E-state index in [0.717, 1.165) is 0 Å². The number of nitrogens with one attached hydrogen (secondary N) is 2. The van der Waals surface area contributed by atoms with Crippen molar-refractivity contribution >= 4 is 11.9 Å². The number of nitrogens with zero attached hydrogens (tertiary/aromatic N) is 1. The Hall–Kier alpha value is -1.30. The summed E-state index contributed by atoms with van der Waals surface area (Å²) < 4.78 is 0. The van der Waals surface area contributed by atoms with Crippen LogP contribution in [0.1, 0.15) is 13.3 Å². The third-order valence-corrected chi connectivity index (χ3v) is 1.64. The normalized spacial score (nSPS) is 11.7. The van der Waals surface area contributed by atoms with Gasteiger partial charge in [-0.15, -0.1) is 0 Å². The van der Waals surface area contributed by atoms with Gasteiger partial charge in [0.2, 0.25) is 5.91 Å². The summed E-state index contributed by atoms with van der Waals surface area (Å²) in [5, 5.41) is 5.29. The molecule has 0 saturated carbocycles. The van der Waals surface area contributed by atoms with Crippen molar-refractivity contribution in [3.8, 4) is 0 Å². The summed E-state index contributed by atoms with van der Waals surface area (Å²) in [5.74, 6) is -0.0934. The van der Waals surface area contributed by atoms with Gasteiger partial charge in [-0.05, 0) is 6.92 Å². The predicted octanol–water partition coefficient (Wildman–Crippen LogP) is -0.889. The minimum Gasteiger partial charge on any atom is -0.354 e. The van der Waals surface area contributed by atoms with Crippen LogP contribution in [0.5, 0.6) is 0 Å². The zero-order valence-electron chi connectivity index (χ0n) is 9.54. The SMILES string of the molecule is CC(N)CC(=O)NCCNC(=O)N(C)C. The zero-order valence-corrected chi connectivity index (χ0v) is 9.54. The summed E-state index contributed by atoms with van der Waals surface area (Å²) >= 11 is 0. The summed E-state index contributed by atoms with van der Waals surface area (Å²) in [5.41, 5.74) is 5.45. The third-order valence-electron chi connectivity index (χ3n) is 1.64. The number of hydrogen-bond donors (Lipinski definition) is 3. The minimum atomic E-state index is -0.170. The number of carbonyl (C=O) groups is 2. The molecular formula is C9H20N4O2. The van der Waals surface area contributed by atoms with Gasteiger partial charge >= 0.3 is 6.03 Å². The maximum Gasteiger partial charge on any atom is 0.316 e. The molecule has 4 N–H and O–H groups in total. The molecule has 0 saturated heterocycles. The second kappa shape index (κ2) is 7.05. The van der Waals surface area contributed by atoms with Gasteiger partial charge in [-0.2, -0.15) is 0 Å². The van der Waals surface area contributed by atoms with E-state index in [0.29, 0.717) is 19.5 Å². The van der Waals surface area contributed by atoms with E-state index in [2.05, 4.69) is 10.6 Å². The lowest BCUT2D eigenvalue weighted by Crippen LogP contribution is -2.40. The lowest BCUT2D eigenvalue weighted by Gasteiger charge is -2.12. The van der Waals surface area contributed by atoms with E-state index < -0.39 is 0 Å². The van der Waals surface area contributed by atoms with E-state index in [1.807, 2.05) is 0 Å². The van der Waals surface area contributed by atoms with Crippen LogP contribution >= 0.6 is 0 Å². The van der Waals surface area contributed by atoms with E-state index in [9.17, 15) is 9.59 Å². The Morgan fingerprint density at radius 2 is 1.80 bits per heavy atom. The molecule has 6 heteroatoms. The first kappa shape index (κ1) is 13.7. The predicted molar refractivity (Wildman–Crippen MR) is 58.4 cm³/mol. The fourth-order valence-corrected chi connectivity index (χ4v) is 0.894. The van der Waals surface area contributed by atoms with Gasteiger partial charge in [-0.1, -0.05) is 0 Å². The first-order chi connectivity index (χ1) is 6.93. The van der Waals surface area contributed by atoms with Crippen molar-refractivity contribution in [1.29, 1.82) is 0 Å². The molecule has 0 aromatic heterocycles. The highest BCUT2D eigenvalue weighted by molar-refractivity contribution is 5.76. The molecule has 0 aromatic rings. The summed E-state index contributed by atoms with van der Waals surface area (Å²) in [6.45, 7) is 2.61. The van der Waals surface area contributed by atoms with Crippen LogP contribution in [-0.2, 0) is 4.79 Å². The number of urea groups is 1. The van der Waals surface area contributed by atoms with Crippen LogP contribution in [0.4, 0.5) is 4.79 Å². The topological polar surface area (TPSA) is 87.5 Å². The number of hydrogen-bond acceptors (Lipinski definition) is 3. The van der Waals surface area contributed by atoms with E-state index >= 15 is 0 Å². The Bertz CT molecular complexity index is 216. The van der Waals surface area contributed by atoms with Gasteiger partial charge in [0.15, 0.2) is 0 Å². The molecule has 0 aromatic carbocycles. The average molecular weight is 216 g/mol. The molecule has 88 valence electrons. The molecule has 0 rings (SSSR count). The number of amides is 3. The maximum absolute atomic E-state index is 11.1.